The van der Waals surface area contributed by atoms with Crippen LogP contribution in [0.4, 0.5) is 5.69 Å². The summed E-state index contributed by atoms with van der Waals surface area (Å²) in [7, 11) is 0. The van der Waals surface area contributed by atoms with Gasteiger partial charge in [-0.05, 0) is 37.1 Å². The Hall–Kier alpha value is -2.86. The van der Waals surface area contributed by atoms with Gasteiger partial charge in [-0.25, -0.2) is 0 Å². The smallest absolute Gasteiger partial charge is 0.295 e. The van der Waals surface area contributed by atoms with Crippen molar-refractivity contribution in [3.8, 4) is 0 Å². The average Bonchev–Trinajstić information content (AvgIpc) is 3.30. The fourth-order valence-corrected chi connectivity index (χ4v) is 3.84. The molecule has 0 N–H and O–H groups in total. The zero-order valence-electron chi connectivity index (χ0n) is 14.4. The third kappa shape index (κ3) is 3.06. The molecule has 2 unspecified atom stereocenters. The summed E-state index contributed by atoms with van der Waals surface area (Å²) in [5.41, 5.74) is 0.411. The van der Waals surface area contributed by atoms with E-state index in [-0.39, 0.29) is 36.1 Å². The summed E-state index contributed by atoms with van der Waals surface area (Å²) in [5, 5.41) is 0.343. The van der Waals surface area contributed by atoms with Gasteiger partial charge in [0.15, 0.2) is 5.76 Å². The van der Waals surface area contributed by atoms with Gasteiger partial charge in [0, 0.05) is 0 Å². The first kappa shape index (κ1) is 17.5. The summed E-state index contributed by atoms with van der Waals surface area (Å²) in [4.78, 5) is 41.0. The largest absolute Gasteiger partial charge is 0.459 e. The summed E-state index contributed by atoms with van der Waals surface area (Å²) < 4.78 is 5.22. The maximum absolute atomic E-state index is 13.0. The van der Waals surface area contributed by atoms with Crippen molar-refractivity contribution in [2.75, 3.05) is 11.6 Å². The van der Waals surface area contributed by atoms with Crippen LogP contribution in [0.3, 0.4) is 0 Å². The second kappa shape index (κ2) is 7.04. The first-order chi connectivity index (χ1) is 13.1. The van der Waals surface area contributed by atoms with Gasteiger partial charge in [-0.15, -0.1) is 0 Å². The number of likely N-dealkylation sites (tertiary alicyclic amines) is 1. The van der Waals surface area contributed by atoms with Gasteiger partial charge < -0.3 is 4.42 Å². The third-order valence-electron chi connectivity index (χ3n) is 5.00. The molecule has 2 atom stereocenters. The minimum Gasteiger partial charge on any atom is -0.459 e. The molecule has 138 valence electrons. The molecule has 1 fully saturated rings. The number of hydrogen-bond acceptors (Lipinski definition) is 4. The number of hydrogen-bond donors (Lipinski definition) is 0. The van der Waals surface area contributed by atoms with Crippen LogP contribution in [-0.2, 0) is 9.59 Å². The van der Waals surface area contributed by atoms with Crippen LogP contribution in [0.25, 0.3) is 0 Å². The molecule has 7 heteroatoms. The van der Waals surface area contributed by atoms with Gasteiger partial charge in [0.1, 0.15) is 6.67 Å². The second-order valence-electron chi connectivity index (χ2n) is 6.56. The SMILES string of the molecule is O=C1C2CC=CCC2C(=O)N1CN(C(=O)c1ccco1)c1ccccc1Cl. The molecule has 1 aliphatic carbocycles. The van der Waals surface area contributed by atoms with E-state index in [9.17, 15) is 14.4 Å². The average molecular weight is 385 g/mol. The van der Waals surface area contributed by atoms with Crippen molar-refractivity contribution in [3.63, 3.8) is 0 Å². The maximum atomic E-state index is 13.0. The highest BCUT2D eigenvalue weighted by atomic mass is 35.5. The molecule has 6 nitrogen and oxygen atoms in total. The van der Waals surface area contributed by atoms with E-state index < -0.39 is 5.91 Å². The Morgan fingerprint density at radius 1 is 1.07 bits per heavy atom. The molecule has 3 amide bonds. The molecular formula is C20H17ClN2O4. The van der Waals surface area contributed by atoms with Gasteiger partial charge in [0.05, 0.1) is 28.8 Å². The number of carbonyl (C=O) groups is 3. The summed E-state index contributed by atoms with van der Waals surface area (Å²) in [6, 6.07) is 9.93. The van der Waals surface area contributed by atoms with Crippen molar-refractivity contribution < 1.29 is 18.8 Å². The van der Waals surface area contributed by atoms with Crippen molar-refractivity contribution in [3.05, 3.63) is 65.6 Å². The Balaban J connectivity index is 1.68. The predicted octanol–water partition coefficient (Wildman–Crippen LogP) is 3.49. The van der Waals surface area contributed by atoms with Crippen molar-refractivity contribution in [2.45, 2.75) is 12.8 Å². The standard InChI is InChI=1S/C20H17ClN2O4/c21-15-8-3-4-9-16(15)22(20(26)17-10-5-11-27-17)12-23-18(24)13-6-1-2-7-14(13)19(23)25/h1-5,8-11,13-14H,6-7,12H2. The zero-order chi connectivity index (χ0) is 19.0. The monoisotopic (exact) mass is 384 g/mol. The number of para-hydroxylation sites is 1. The van der Waals surface area contributed by atoms with Gasteiger partial charge >= 0.3 is 0 Å². The van der Waals surface area contributed by atoms with E-state index >= 15 is 0 Å². The molecule has 2 heterocycles. The van der Waals surface area contributed by atoms with Crippen molar-refractivity contribution in [2.24, 2.45) is 11.8 Å². The Morgan fingerprint density at radius 3 is 2.33 bits per heavy atom. The fraction of sp³-hybridized carbons (Fsp3) is 0.250. The van der Waals surface area contributed by atoms with Crippen LogP contribution in [0.15, 0.2) is 59.2 Å². The van der Waals surface area contributed by atoms with E-state index in [1.165, 1.54) is 17.2 Å². The topological polar surface area (TPSA) is 70.8 Å². The molecule has 0 saturated carbocycles. The number of amides is 3. The van der Waals surface area contributed by atoms with E-state index in [1.807, 2.05) is 12.2 Å². The molecule has 2 aromatic rings. The number of allylic oxidation sites excluding steroid dienone is 2. The number of carbonyl (C=O) groups excluding carboxylic acids is 3. The number of furan rings is 1. The lowest BCUT2D eigenvalue weighted by Crippen LogP contribution is -2.45. The number of nitrogens with zero attached hydrogens (tertiary/aromatic N) is 2. The highest BCUT2D eigenvalue weighted by molar-refractivity contribution is 6.34. The molecule has 0 spiro atoms. The van der Waals surface area contributed by atoms with Crippen molar-refractivity contribution in [1.29, 1.82) is 0 Å². The van der Waals surface area contributed by atoms with Crippen LogP contribution in [0.1, 0.15) is 23.4 Å². The normalized spacial score (nSPS) is 21.4. The highest BCUT2D eigenvalue weighted by Crippen LogP contribution is 2.36. The van der Waals surface area contributed by atoms with Gasteiger partial charge in [-0.3, -0.25) is 24.2 Å². The van der Waals surface area contributed by atoms with Gasteiger partial charge in [0.2, 0.25) is 11.8 Å². The van der Waals surface area contributed by atoms with Crippen molar-refractivity contribution in [1.82, 2.24) is 4.90 Å². The number of rotatable bonds is 4. The Bertz CT molecular complexity index is 896. The van der Waals surface area contributed by atoms with Gasteiger partial charge in [-0.1, -0.05) is 35.9 Å². The Morgan fingerprint density at radius 2 is 1.74 bits per heavy atom. The molecular weight excluding hydrogens is 368 g/mol. The number of halogens is 1. The van der Waals surface area contributed by atoms with Crippen LogP contribution in [0.5, 0.6) is 0 Å². The lowest BCUT2D eigenvalue weighted by atomic mass is 9.85. The molecule has 1 aromatic heterocycles. The summed E-state index contributed by atoms with van der Waals surface area (Å²) in [6.45, 7) is -0.200. The van der Waals surface area contributed by atoms with E-state index in [2.05, 4.69) is 0 Å². The van der Waals surface area contributed by atoms with Crippen LogP contribution in [0, 0.1) is 11.8 Å². The quantitative estimate of drug-likeness (QED) is 0.597. The molecule has 1 saturated heterocycles. The Kier molecular flexibility index (Phi) is 4.58. The second-order valence-corrected chi connectivity index (χ2v) is 6.97. The molecule has 2 aliphatic rings. The first-order valence-electron chi connectivity index (χ1n) is 8.68. The number of anilines is 1. The summed E-state index contributed by atoms with van der Waals surface area (Å²) in [6.07, 6.45) is 6.34. The predicted molar refractivity (Wildman–Crippen MR) is 99.0 cm³/mol. The minimum atomic E-state index is -0.471. The van der Waals surface area contributed by atoms with Crippen molar-refractivity contribution >= 4 is 35.0 Å². The lowest BCUT2D eigenvalue weighted by Gasteiger charge is -2.27. The molecule has 4 rings (SSSR count). The molecule has 1 aromatic carbocycles. The number of fused-ring (bicyclic) bond motifs is 1. The minimum absolute atomic E-state index is 0.105. The fourth-order valence-electron chi connectivity index (χ4n) is 3.60. The zero-order valence-corrected chi connectivity index (χ0v) is 15.1. The highest BCUT2D eigenvalue weighted by Gasteiger charge is 2.48. The number of imide groups is 1. The van der Waals surface area contributed by atoms with E-state index in [4.69, 9.17) is 16.0 Å². The van der Waals surface area contributed by atoms with Gasteiger partial charge in [0.25, 0.3) is 5.91 Å². The van der Waals surface area contributed by atoms with Gasteiger partial charge in [-0.2, -0.15) is 0 Å². The summed E-state index contributed by atoms with van der Waals surface area (Å²) in [5.74, 6) is -1.57. The Labute approximate surface area is 161 Å². The number of benzene rings is 1. The molecule has 0 radical (unpaired) electrons. The molecule has 0 bridgehead atoms. The summed E-state index contributed by atoms with van der Waals surface area (Å²) >= 11 is 6.28. The molecule has 27 heavy (non-hydrogen) atoms. The van der Waals surface area contributed by atoms with E-state index in [0.717, 1.165) is 4.90 Å². The van der Waals surface area contributed by atoms with Crippen LogP contribution < -0.4 is 4.90 Å². The van der Waals surface area contributed by atoms with Crippen LogP contribution >= 0.6 is 11.6 Å². The van der Waals surface area contributed by atoms with Crippen LogP contribution in [-0.4, -0.2) is 29.3 Å². The van der Waals surface area contributed by atoms with E-state index in [1.54, 1.807) is 30.3 Å². The first-order valence-corrected chi connectivity index (χ1v) is 9.06. The lowest BCUT2D eigenvalue weighted by molar-refractivity contribution is -0.139. The van der Waals surface area contributed by atoms with E-state index in [0.29, 0.717) is 23.6 Å². The third-order valence-corrected chi connectivity index (χ3v) is 5.32. The maximum Gasteiger partial charge on any atom is 0.295 e. The molecule has 1 aliphatic heterocycles. The van der Waals surface area contributed by atoms with Crippen LogP contribution in [0.2, 0.25) is 5.02 Å².